The fourth-order valence-corrected chi connectivity index (χ4v) is 3.43. The number of hydrogen-bond acceptors (Lipinski definition) is 5. The van der Waals surface area contributed by atoms with E-state index in [1.165, 1.54) is 23.7 Å². The van der Waals surface area contributed by atoms with Gasteiger partial charge in [0.05, 0.1) is 21.2 Å². The van der Waals surface area contributed by atoms with E-state index in [-0.39, 0.29) is 11.2 Å². The van der Waals surface area contributed by atoms with Crippen molar-refractivity contribution in [3.8, 4) is 16.3 Å². The van der Waals surface area contributed by atoms with Crippen LogP contribution in [0.25, 0.3) is 31.8 Å². The maximum atomic E-state index is 12.7. The summed E-state index contributed by atoms with van der Waals surface area (Å²) in [6.45, 7) is 1.72. The van der Waals surface area contributed by atoms with Crippen molar-refractivity contribution >= 4 is 32.5 Å². The third-order valence-corrected chi connectivity index (χ3v) is 4.76. The third kappa shape index (κ3) is 1.83. The maximum Gasteiger partial charge on any atom is 0.202 e. The Hall–Kier alpha value is -2.66. The molecule has 4 aromatic rings. The van der Waals surface area contributed by atoms with Gasteiger partial charge >= 0.3 is 0 Å². The summed E-state index contributed by atoms with van der Waals surface area (Å²) in [6, 6.07) is 10.8. The second kappa shape index (κ2) is 4.68. The van der Waals surface area contributed by atoms with Gasteiger partial charge in [-0.05, 0) is 31.2 Å². The summed E-state index contributed by atoms with van der Waals surface area (Å²) in [5.41, 5.74) is 2.14. The molecule has 0 aliphatic rings. The first kappa shape index (κ1) is 13.0. The van der Waals surface area contributed by atoms with Crippen molar-refractivity contribution in [2.75, 3.05) is 0 Å². The predicted molar refractivity (Wildman–Crippen MR) is 87.5 cm³/mol. The van der Waals surface area contributed by atoms with Crippen LogP contribution in [0.5, 0.6) is 5.75 Å². The number of nitrogens with zero attached hydrogens (tertiary/aromatic N) is 1. The van der Waals surface area contributed by atoms with Gasteiger partial charge in [0.2, 0.25) is 5.43 Å². The SMILES string of the molecule is Cc1c(O)ccc2c(=O)c(-c3nc4ccccc4s3)coc12. The van der Waals surface area contributed by atoms with Crippen molar-refractivity contribution in [1.82, 2.24) is 4.98 Å². The molecular formula is C17H11NO3S. The standard InChI is InChI=1S/C17H11NO3S/c1-9-13(19)7-6-10-15(20)11(8-21-16(9)10)17-18-12-4-2-3-5-14(12)22-17/h2-8,19H,1H3. The average Bonchev–Trinajstić information content (AvgIpc) is 2.95. The van der Waals surface area contributed by atoms with Crippen LogP contribution in [-0.2, 0) is 0 Å². The Balaban J connectivity index is 2.01. The van der Waals surface area contributed by atoms with Crippen LogP contribution in [0.3, 0.4) is 0 Å². The highest BCUT2D eigenvalue weighted by atomic mass is 32.1. The number of fused-ring (bicyclic) bond motifs is 2. The van der Waals surface area contributed by atoms with E-state index in [0.717, 1.165) is 10.2 Å². The van der Waals surface area contributed by atoms with Crippen LogP contribution in [0.2, 0.25) is 0 Å². The van der Waals surface area contributed by atoms with Crippen LogP contribution >= 0.6 is 11.3 Å². The molecule has 4 rings (SSSR count). The summed E-state index contributed by atoms with van der Waals surface area (Å²) >= 11 is 1.46. The number of aromatic hydroxyl groups is 1. The average molecular weight is 309 g/mol. The summed E-state index contributed by atoms with van der Waals surface area (Å²) in [5.74, 6) is 0.114. The van der Waals surface area contributed by atoms with E-state index in [2.05, 4.69) is 4.98 Å². The van der Waals surface area contributed by atoms with Crippen molar-refractivity contribution in [2.45, 2.75) is 6.92 Å². The van der Waals surface area contributed by atoms with Gasteiger partial charge in [-0.3, -0.25) is 4.79 Å². The van der Waals surface area contributed by atoms with Crippen LogP contribution in [-0.4, -0.2) is 10.1 Å². The summed E-state index contributed by atoms with van der Waals surface area (Å²) in [5, 5.41) is 10.8. The van der Waals surface area contributed by atoms with Gasteiger partial charge in [0.1, 0.15) is 22.6 Å². The van der Waals surface area contributed by atoms with Gasteiger partial charge in [0.25, 0.3) is 0 Å². The number of benzene rings is 2. The maximum absolute atomic E-state index is 12.7. The van der Waals surface area contributed by atoms with Crippen LogP contribution in [0, 0.1) is 6.92 Å². The Kier molecular flexibility index (Phi) is 2.77. The summed E-state index contributed by atoms with van der Waals surface area (Å²) < 4.78 is 6.62. The second-order valence-electron chi connectivity index (χ2n) is 5.05. The number of para-hydroxylation sites is 1. The smallest absolute Gasteiger partial charge is 0.202 e. The predicted octanol–water partition coefficient (Wildman–Crippen LogP) is 4.08. The molecule has 0 fully saturated rings. The quantitative estimate of drug-likeness (QED) is 0.575. The molecule has 4 nitrogen and oxygen atoms in total. The lowest BCUT2D eigenvalue weighted by molar-refractivity contribution is 0.469. The van der Waals surface area contributed by atoms with Gasteiger partial charge in [-0.25, -0.2) is 4.98 Å². The molecule has 2 aromatic heterocycles. The number of thiazole rings is 1. The summed E-state index contributed by atoms with van der Waals surface area (Å²) in [7, 11) is 0. The van der Waals surface area contributed by atoms with Crippen LogP contribution in [0.1, 0.15) is 5.56 Å². The van der Waals surface area contributed by atoms with Crippen molar-refractivity contribution < 1.29 is 9.52 Å². The minimum absolute atomic E-state index is 0.114. The van der Waals surface area contributed by atoms with E-state index >= 15 is 0 Å². The molecule has 0 spiro atoms. The number of rotatable bonds is 1. The Labute approximate surface area is 129 Å². The fraction of sp³-hybridized carbons (Fsp3) is 0.0588. The summed E-state index contributed by atoms with van der Waals surface area (Å²) in [4.78, 5) is 17.2. The summed E-state index contributed by atoms with van der Waals surface area (Å²) in [6.07, 6.45) is 1.43. The molecule has 0 amide bonds. The molecule has 0 saturated carbocycles. The van der Waals surface area contributed by atoms with Gasteiger partial charge in [-0.2, -0.15) is 0 Å². The van der Waals surface area contributed by atoms with E-state index in [4.69, 9.17) is 4.42 Å². The molecule has 0 saturated heterocycles. The highest BCUT2D eigenvalue weighted by molar-refractivity contribution is 7.21. The third-order valence-electron chi connectivity index (χ3n) is 3.69. The molecule has 0 atom stereocenters. The molecule has 5 heteroatoms. The molecule has 0 bridgehead atoms. The second-order valence-corrected chi connectivity index (χ2v) is 6.08. The van der Waals surface area contributed by atoms with Crippen molar-refractivity contribution in [2.24, 2.45) is 0 Å². The van der Waals surface area contributed by atoms with Crippen LogP contribution in [0.4, 0.5) is 0 Å². The zero-order valence-corrected chi connectivity index (χ0v) is 12.5. The van der Waals surface area contributed by atoms with E-state index in [1.807, 2.05) is 24.3 Å². The first-order valence-electron chi connectivity index (χ1n) is 6.75. The monoisotopic (exact) mass is 309 g/mol. The number of hydrogen-bond donors (Lipinski definition) is 1. The van der Waals surface area contributed by atoms with Crippen molar-refractivity contribution in [3.63, 3.8) is 0 Å². The molecule has 0 aliphatic carbocycles. The van der Waals surface area contributed by atoms with E-state index in [0.29, 0.717) is 27.1 Å². The van der Waals surface area contributed by atoms with Gasteiger partial charge in [0, 0.05) is 5.56 Å². The van der Waals surface area contributed by atoms with Gasteiger partial charge < -0.3 is 9.52 Å². The molecule has 2 aromatic carbocycles. The van der Waals surface area contributed by atoms with E-state index in [1.54, 1.807) is 13.0 Å². The van der Waals surface area contributed by atoms with Crippen LogP contribution < -0.4 is 5.43 Å². The molecule has 1 N–H and O–H groups in total. The minimum atomic E-state index is -0.136. The molecule has 22 heavy (non-hydrogen) atoms. The molecule has 0 aliphatic heterocycles. The van der Waals surface area contributed by atoms with Crippen molar-refractivity contribution in [3.05, 3.63) is 58.4 Å². The highest BCUT2D eigenvalue weighted by Crippen LogP contribution is 2.31. The first-order chi connectivity index (χ1) is 10.6. The van der Waals surface area contributed by atoms with E-state index < -0.39 is 0 Å². The number of phenols is 1. The number of phenolic OH excluding ortho intramolecular Hbond substituents is 1. The fourth-order valence-electron chi connectivity index (χ4n) is 2.46. The lowest BCUT2D eigenvalue weighted by Crippen LogP contribution is -2.05. The molecular weight excluding hydrogens is 298 g/mol. The molecule has 0 unspecified atom stereocenters. The molecule has 108 valence electrons. The lowest BCUT2D eigenvalue weighted by atomic mass is 10.1. The van der Waals surface area contributed by atoms with Crippen LogP contribution in [0.15, 0.2) is 51.9 Å². The Morgan fingerprint density at radius 3 is 2.82 bits per heavy atom. The lowest BCUT2D eigenvalue weighted by Gasteiger charge is -2.04. The van der Waals surface area contributed by atoms with Crippen molar-refractivity contribution in [1.29, 1.82) is 0 Å². The van der Waals surface area contributed by atoms with Gasteiger partial charge in [-0.1, -0.05) is 12.1 Å². The number of aryl methyl sites for hydroxylation is 1. The van der Waals surface area contributed by atoms with E-state index in [9.17, 15) is 9.90 Å². The molecule has 0 radical (unpaired) electrons. The topological polar surface area (TPSA) is 63.3 Å². The Morgan fingerprint density at radius 2 is 2.00 bits per heavy atom. The number of aromatic nitrogens is 1. The zero-order valence-electron chi connectivity index (χ0n) is 11.7. The highest BCUT2D eigenvalue weighted by Gasteiger charge is 2.15. The first-order valence-corrected chi connectivity index (χ1v) is 7.57. The molecule has 2 heterocycles. The van der Waals surface area contributed by atoms with Gasteiger partial charge in [0.15, 0.2) is 0 Å². The normalized spacial score (nSPS) is 11.3. The Morgan fingerprint density at radius 1 is 1.18 bits per heavy atom. The zero-order chi connectivity index (χ0) is 15.3. The largest absolute Gasteiger partial charge is 0.508 e. The van der Waals surface area contributed by atoms with Gasteiger partial charge in [-0.15, -0.1) is 11.3 Å². The minimum Gasteiger partial charge on any atom is -0.508 e. The Bertz CT molecular complexity index is 1050.